The maximum atomic E-state index is 11.5. The third kappa shape index (κ3) is 3.22. The second kappa shape index (κ2) is 5.99. The lowest BCUT2D eigenvalue weighted by Crippen LogP contribution is -2.39. The van der Waals surface area contributed by atoms with Crippen molar-refractivity contribution in [2.45, 2.75) is 45.4 Å². The van der Waals surface area contributed by atoms with Crippen molar-refractivity contribution in [1.82, 2.24) is 9.97 Å². The highest BCUT2D eigenvalue weighted by molar-refractivity contribution is 5.75. The molecule has 1 heterocycles. The number of rotatable bonds is 5. The van der Waals surface area contributed by atoms with Crippen LogP contribution in [0.4, 0.5) is 5.82 Å². The van der Waals surface area contributed by atoms with Crippen LogP contribution in [0, 0.1) is 5.41 Å². The van der Waals surface area contributed by atoms with Crippen LogP contribution in [0.15, 0.2) is 12.4 Å². The molecule has 1 saturated carbocycles. The van der Waals surface area contributed by atoms with Gasteiger partial charge in [0, 0.05) is 18.3 Å². The highest BCUT2D eigenvalue weighted by Gasteiger charge is 2.39. The van der Waals surface area contributed by atoms with Gasteiger partial charge in [-0.05, 0) is 19.3 Å². The Morgan fingerprint density at radius 3 is 2.74 bits per heavy atom. The molecule has 0 radical (unpaired) electrons. The van der Waals surface area contributed by atoms with E-state index in [0.717, 1.165) is 50.0 Å². The van der Waals surface area contributed by atoms with Crippen molar-refractivity contribution >= 4 is 11.8 Å². The molecule has 1 aromatic heterocycles. The summed E-state index contributed by atoms with van der Waals surface area (Å²) >= 11 is 0. The number of nitrogens with one attached hydrogen (secondary N) is 1. The van der Waals surface area contributed by atoms with E-state index in [1.807, 2.05) is 13.0 Å². The fraction of sp³-hybridized carbons (Fsp3) is 0.643. The highest BCUT2D eigenvalue weighted by Crippen LogP contribution is 2.36. The van der Waals surface area contributed by atoms with Crippen LogP contribution in [0.5, 0.6) is 0 Å². The average Bonchev–Trinajstić information content (AvgIpc) is 2.46. The normalized spacial score (nSPS) is 17.9. The van der Waals surface area contributed by atoms with Gasteiger partial charge in [0.15, 0.2) is 0 Å². The Labute approximate surface area is 113 Å². The first-order valence-corrected chi connectivity index (χ1v) is 6.94. The maximum Gasteiger partial charge on any atom is 0.311 e. The molecule has 0 spiro atoms. The summed E-state index contributed by atoms with van der Waals surface area (Å²) in [5.41, 5.74) is 0.334. The van der Waals surface area contributed by atoms with Gasteiger partial charge < -0.3 is 10.4 Å². The third-order valence-electron chi connectivity index (χ3n) is 3.96. The molecule has 5 heteroatoms. The van der Waals surface area contributed by atoms with Crippen molar-refractivity contribution < 1.29 is 9.90 Å². The minimum Gasteiger partial charge on any atom is -0.481 e. The standard InChI is InChI=1S/C14H21N3O2/c1-2-11-8-12(17-10-16-11)15-9-14(13(18)19)6-4-3-5-7-14/h8,10H,2-7,9H2,1H3,(H,18,19)(H,15,16,17). The van der Waals surface area contributed by atoms with Crippen LogP contribution in [0.1, 0.15) is 44.7 Å². The molecule has 2 N–H and O–H groups in total. The molecular formula is C14H21N3O2. The molecule has 0 bridgehead atoms. The van der Waals surface area contributed by atoms with E-state index in [1.54, 1.807) is 0 Å². The van der Waals surface area contributed by atoms with E-state index in [0.29, 0.717) is 6.54 Å². The second-order valence-corrected chi connectivity index (χ2v) is 5.25. The van der Waals surface area contributed by atoms with Gasteiger partial charge in [-0.15, -0.1) is 0 Å². The van der Waals surface area contributed by atoms with Crippen LogP contribution in [0.25, 0.3) is 0 Å². The van der Waals surface area contributed by atoms with Gasteiger partial charge in [-0.2, -0.15) is 0 Å². The molecule has 1 aliphatic rings. The summed E-state index contributed by atoms with van der Waals surface area (Å²) in [6.45, 7) is 2.48. The van der Waals surface area contributed by atoms with Crippen LogP contribution in [0.3, 0.4) is 0 Å². The summed E-state index contributed by atoms with van der Waals surface area (Å²) in [6, 6.07) is 1.89. The summed E-state index contributed by atoms with van der Waals surface area (Å²) in [6.07, 6.45) is 7.01. The molecule has 1 aliphatic carbocycles. The number of anilines is 1. The van der Waals surface area contributed by atoms with E-state index < -0.39 is 11.4 Å². The molecule has 0 atom stereocenters. The fourth-order valence-electron chi connectivity index (χ4n) is 2.64. The molecule has 19 heavy (non-hydrogen) atoms. The zero-order chi connectivity index (χ0) is 13.7. The number of hydrogen-bond acceptors (Lipinski definition) is 4. The first kappa shape index (κ1) is 13.8. The fourth-order valence-corrected chi connectivity index (χ4v) is 2.64. The second-order valence-electron chi connectivity index (χ2n) is 5.25. The minimum absolute atomic E-state index is 0.447. The quantitative estimate of drug-likeness (QED) is 0.853. The van der Waals surface area contributed by atoms with E-state index in [-0.39, 0.29) is 0 Å². The number of nitrogens with zero attached hydrogens (tertiary/aromatic N) is 2. The first-order chi connectivity index (χ1) is 9.16. The number of aromatic nitrogens is 2. The highest BCUT2D eigenvalue weighted by atomic mass is 16.4. The Hall–Kier alpha value is -1.65. The lowest BCUT2D eigenvalue weighted by atomic mass is 9.74. The van der Waals surface area contributed by atoms with Gasteiger partial charge in [-0.3, -0.25) is 4.79 Å². The van der Waals surface area contributed by atoms with Crippen LogP contribution in [-0.2, 0) is 11.2 Å². The molecular weight excluding hydrogens is 242 g/mol. The van der Waals surface area contributed by atoms with Gasteiger partial charge >= 0.3 is 5.97 Å². The zero-order valence-corrected chi connectivity index (χ0v) is 11.4. The summed E-state index contributed by atoms with van der Waals surface area (Å²) < 4.78 is 0. The smallest absolute Gasteiger partial charge is 0.311 e. The Morgan fingerprint density at radius 1 is 1.37 bits per heavy atom. The Kier molecular flexibility index (Phi) is 4.35. The van der Waals surface area contributed by atoms with E-state index in [1.165, 1.54) is 6.33 Å². The molecule has 1 fully saturated rings. The first-order valence-electron chi connectivity index (χ1n) is 6.94. The topological polar surface area (TPSA) is 75.1 Å². The minimum atomic E-state index is -0.690. The molecule has 0 saturated heterocycles. The van der Waals surface area contributed by atoms with Crippen LogP contribution in [0.2, 0.25) is 0 Å². The van der Waals surface area contributed by atoms with Gasteiger partial charge in [0.05, 0.1) is 5.41 Å². The van der Waals surface area contributed by atoms with Gasteiger partial charge in [0.2, 0.25) is 0 Å². The molecule has 5 nitrogen and oxygen atoms in total. The predicted molar refractivity (Wildman–Crippen MR) is 73.1 cm³/mol. The SMILES string of the molecule is CCc1cc(NCC2(C(=O)O)CCCCC2)ncn1. The van der Waals surface area contributed by atoms with Crippen molar-refractivity contribution in [2.24, 2.45) is 5.41 Å². The largest absolute Gasteiger partial charge is 0.481 e. The lowest BCUT2D eigenvalue weighted by Gasteiger charge is -2.33. The van der Waals surface area contributed by atoms with Crippen molar-refractivity contribution in [3.8, 4) is 0 Å². The number of carboxylic acid groups (broad SMARTS) is 1. The molecule has 104 valence electrons. The summed E-state index contributed by atoms with van der Waals surface area (Å²) in [5.74, 6) is 0.0301. The van der Waals surface area contributed by atoms with Gasteiger partial charge in [0.1, 0.15) is 12.1 Å². The third-order valence-corrected chi connectivity index (χ3v) is 3.96. The van der Waals surface area contributed by atoms with Crippen LogP contribution >= 0.6 is 0 Å². The van der Waals surface area contributed by atoms with E-state index in [2.05, 4.69) is 15.3 Å². The number of hydrogen-bond donors (Lipinski definition) is 2. The zero-order valence-electron chi connectivity index (χ0n) is 11.4. The van der Waals surface area contributed by atoms with Crippen LogP contribution < -0.4 is 5.32 Å². The van der Waals surface area contributed by atoms with Crippen molar-refractivity contribution in [1.29, 1.82) is 0 Å². The Balaban J connectivity index is 2.04. The van der Waals surface area contributed by atoms with Crippen molar-refractivity contribution in [3.05, 3.63) is 18.1 Å². The molecule has 0 aliphatic heterocycles. The molecule has 0 aromatic carbocycles. The van der Waals surface area contributed by atoms with Crippen molar-refractivity contribution in [2.75, 3.05) is 11.9 Å². The molecule has 1 aromatic rings. The number of aliphatic carboxylic acids is 1. The summed E-state index contributed by atoms with van der Waals surface area (Å²) in [4.78, 5) is 19.8. The number of carboxylic acids is 1. The van der Waals surface area contributed by atoms with E-state index in [9.17, 15) is 9.90 Å². The van der Waals surface area contributed by atoms with Gasteiger partial charge in [-0.25, -0.2) is 9.97 Å². The predicted octanol–water partition coefficient (Wildman–Crippen LogP) is 2.49. The summed E-state index contributed by atoms with van der Waals surface area (Å²) in [5, 5.41) is 12.7. The molecule has 0 amide bonds. The van der Waals surface area contributed by atoms with Crippen molar-refractivity contribution in [3.63, 3.8) is 0 Å². The Bertz CT molecular complexity index is 442. The number of carbonyl (C=O) groups is 1. The summed E-state index contributed by atoms with van der Waals surface area (Å²) in [7, 11) is 0. The Morgan fingerprint density at radius 2 is 2.11 bits per heavy atom. The maximum absolute atomic E-state index is 11.5. The monoisotopic (exact) mass is 263 g/mol. The number of aryl methyl sites for hydroxylation is 1. The lowest BCUT2D eigenvalue weighted by molar-refractivity contribution is -0.150. The molecule has 0 unspecified atom stereocenters. The average molecular weight is 263 g/mol. The van der Waals surface area contributed by atoms with E-state index >= 15 is 0 Å². The molecule has 2 rings (SSSR count). The van der Waals surface area contributed by atoms with Gasteiger partial charge in [-0.1, -0.05) is 26.2 Å². The van der Waals surface area contributed by atoms with E-state index in [4.69, 9.17) is 0 Å². The van der Waals surface area contributed by atoms with Crippen LogP contribution in [-0.4, -0.2) is 27.6 Å². The van der Waals surface area contributed by atoms with Gasteiger partial charge in [0.25, 0.3) is 0 Å².